The van der Waals surface area contributed by atoms with E-state index in [0.29, 0.717) is 5.56 Å². The highest BCUT2D eigenvalue weighted by molar-refractivity contribution is 7.88. The van der Waals surface area contributed by atoms with Gasteiger partial charge in [-0.1, -0.05) is 30.3 Å². The van der Waals surface area contributed by atoms with Crippen LogP contribution in [0.1, 0.15) is 28.4 Å². The van der Waals surface area contributed by atoms with Crippen LogP contribution in [0.3, 0.4) is 0 Å². The zero-order valence-electron chi connectivity index (χ0n) is 16.2. The molecule has 146 valence electrons. The number of fused-ring (bicyclic) bond motifs is 3. The van der Waals surface area contributed by atoms with E-state index in [1.54, 1.807) is 18.3 Å². The van der Waals surface area contributed by atoms with Crippen molar-refractivity contribution in [2.24, 2.45) is 0 Å². The number of carbonyl (C=O) groups is 1. The van der Waals surface area contributed by atoms with Gasteiger partial charge < -0.3 is 9.64 Å². The Morgan fingerprint density at radius 1 is 1.11 bits per heavy atom. The Hall–Kier alpha value is -2.80. The summed E-state index contributed by atoms with van der Waals surface area (Å²) in [5.74, 6) is -0.403. The topological polar surface area (TPSA) is 66.9 Å². The number of para-hydroxylation sites is 1. The fraction of sp³-hybridized carbons (Fsp3) is 0.286. The van der Waals surface area contributed by atoms with E-state index in [1.165, 1.54) is 17.7 Å². The molecule has 4 rings (SSSR count). The van der Waals surface area contributed by atoms with Crippen molar-refractivity contribution in [3.05, 3.63) is 71.4 Å². The van der Waals surface area contributed by atoms with Gasteiger partial charge in [0.1, 0.15) is 6.17 Å². The summed E-state index contributed by atoms with van der Waals surface area (Å²) in [4.78, 5) is 13.8. The van der Waals surface area contributed by atoms with Crippen LogP contribution in [-0.2, 0) is 20.2 Å². The van der Waals surface area contributed by atoms with E-state index in [4.69, 9.17) is 4.74 Å². The van der Waals surface area contributed by atoms with Gasteiger partial charge in [0.25, 0.3) is 0 Å². The molecule has 0 N–H and O–H groups in total. The molecular weight excluding hydrogens is 376 g/mol. The second-order valence-electron chi connectivity index (χ2n) is 7.41. The number of methoxy groups -OCH3 is 1. The molecule has 0 aromatic heterocycles. The third kappa shape index (κ3) is 2.46. The summed E-state index contributed by atoms with van der Waals surface area (Å²) in [6, 6.07) is 15.1. The Kier molecular flexibility index (Phi) is 4.04. The van der Waals surface area contributed by atoms with Crippen molar-refractivity contribution in [3.8, 4) is 0 Å². The Balaban J connectivity index is 1.90. The van der Waals surface area contributed by atoms with Gasteiger partial charge in [0, 0.05) is 18.9 Å². The fourth-order valence-corrected chi connectivity index (χ4v) is 5.49. The Bertz CT molecular complexity index is 1090. The highest BCUT2D eigenvalue weighted by Gasteiger charge is 2.57. The summed E-state index contributed by atoms with van der Waals surface area (Å²) in [5, 5.41) is 0. The Morgan fingerprint density at radius 2 is 1.75 bits per heavy atom. The summed E-state index contributed by atoms with van der Waals surface area (Å²) >= 11 is 0. The second-order valence-corrected chi connectivity index (χ2v) is 9.30. The number of benzene rings is 2. The number of anilines is 1. The number of rotatable bonds is 3. The van der Waals surface area contributed by atoms with Crippen molar-refractivity contribution in [1.82, 2.24) is 4.31 Å². The molecule has 0 saturated carbocycles. The molecule has 0 spiro atoms. The number of likely N-dealkylation sites (N-methyl/N-ethyl adjacent to an activating group) is 1. The van der Waals surface area contributed by atoms with Crippen LogP contribution in [0.2, 0.25) is 0 Å². The van der Waals surface area contributed by atoms with E-state index in [1.807, 2.05) is 48.3 Å². The average molecular weight is 398 g/mol. The first-order valence-corrected chi connectivity index (χ1v) is 10.8. The number of ether oxygens (including phenoxy) is 1. The molecular formula is C21H22N2O4S. The van der Waals surface area contributed by atoms with Crippen molar-refractivity contribution < 1.29 is 17.9 Å². The van der Waals surface area contributed by atoms with E-state index in [2.05, 4.69) is 6.92 Å². The van der Waals surface area contributed by atoms with Crippen LogP contribution in [0.5, 0.6) is 0 Å². The lowest BCUT2D eigenvalue weighted by Gasteiger charge is -2.35. The molecule has 2 atom stereocenters. The maximum Gasteiger partial charge on any atom is 0.337 e. The van der Waals surface area contributed by atoms with Crippen LogP contribution in [0, 0.1) is 0 Å². The molecule has 0 unspecified atom stereocenters. The Labute approximate surface area is 165 Å². The summed E-state index contributed by atoms with van der Waals surface area (Å²) in [7, 11) is -0.206. The third-order valence-corrected chi connectivity index (χ3v) is 6.85. The Morgan fingerprint density at radius 3 is 2.36 bits per heavy atom. The first-order valence-electron chi connectivity index (χ1n) is 8.91. The molecule has 0 fully saturated rings. The van der Waals surface area contributed by atoms with Crippen LogP contribution in [0.4, 0.5) is 5.69 Å². The van der Waals surface area contributed by atoms with Gasteiger partial charge in [-0.15, -0.1) is 0 Å². The first-order chi connectivity index (χ1) is 13.2. The molecule has 6 nitrogen and oxygen atoms in total. The number of nitrogens with zero attached hydrogens (tertiary/aromatic N) is 2. The minimum absolute atomic E-state index is 0.379. The van der Waals surface area contributed by atoms with Crippen LogP contribution in [0.15, 0.2) is 54.7 Å². The molecule has 0 radical (unpaired) electrons. The van der Waals surface area contributed by atoms with Crippen molar-refractivity contribution in [3.63, 3.8) is 0 Å². The number of sulfonamides is 1. The smallest absolute Gasteiger partial charge is 0.337 e. The lowest BCUT2D eigenvalue weighted by Crippen LogP contribution is -2.49. The minimum atomic E-state index is -3.47. The third-order valence-electron chi connectivity index (χ3n) is 5.78. The van der Waals surface area contributed by atoms with Gasteiger partial charge in [-0.25, -0.2) is 13.2 Å². The lowest BCUT2D eigenvalue weighted by atomic mass is 9.74. The standard InChI is InChI=1S/C21H22N2O4S/c1-21-16-7-5-6-8-18(16)22(2)20(21)23(28(4,25)26)13-17(21)14-9-11-15(12-10-14)19(24)27-3/h5-13,20H,1-4H3/t20-,21+/m0/s1. The lowest BCUT2D eigenvalue weighted by molar-refractivity contribution is 0.0600. The van der Waals surface area contributed by atoms with E-state index in [-0.39, 0.29) is 6.17 Å². The van der Waals surface area contributed by atoms with Crippen molar-refractivity contribution in [1.29, 1.82) is 0 Å². The van der Waals surface area contributed by atoms with E-state index in [9.17, 15) is 13.2 Å². The van der Waals surface area contributed by atoms with Crippen molar-refractivity contribution in [2.75, 3.05) is 25.3 Å². The van der Waals surface area contributed by atoms with Crippen LogP contribution >= 0.6 is 0 Å². The minimum Gasteiger partial charge on any atom is -0.465 e. The van der Waals surface area contributed by atoms with Gasteiger partial charge in [-0.2, -0.15) is 0 Å². The first kappa shape index (κ1) is 18.6. The van der Waals surface area contributed by atoms with Gasteiger partial charge in [0.2, 0.25) is 10.0 Å². The van der Waals surface area contributed by atoms with Crippen molar-refractivity contribution >= 4 is 27.3 Å². The largest absolute Gasteiger partial charge is 0.465 e. The van der Waals surface area contributed by atoms with E-state index < -0.39 is 21.4 Å². The number of hydrogen-bond donors (Lipinski definition) is 0. The molecule has 7 heteroatoms. The summed E-state index contributed by atoms with van der Waals surface area (Å²) in [6.45, 7) is 2.07. The highest BCUT2D eigenvalue weighted by Crippen LogP contribution is 2.56. The molecule has 2 aromatic carbocycles. The van der Waals surface area contributed by atoms with E-state index in [0.717, 1.165) is 22.4 Å². The van der Waals surface area contributed by atoms with Gasteiger partial charge in [-0.3, -0.25) is 4.31 Å². The molecule has 2 aliphatic heterocycles. The van der Waals surface area contributed by atoms with Gasteiger partial charge in [0.15, 0.2) is 0 Å². The zero-order chi connectivity index (χ0) is 20.3. The molecule has 0 bridgehead atoms. The normalized spacial score (nSPS) is 23.3. The molecule has 28 heavy (non-hydrogen) atoms. The summed E-state index contributed by atoms with van der Waals surface area (Å²) in [6.07, 6.45) is 2.57. The van der Waals surface area contributed by atoms with Gasteiger partial charge in [-0.05, 0) is 41.8 Å². The molecule has 2 aromatic rings. The van der Waals surface area contributed by atoms with Crippen molar-refractivity contribution in [2.45, 2.75) is 18.5 Å². The average Bonchev–Trinajstić information content (AvgIpc) is 3.11. The number of carbonyl (C=O) groups excluding carboxylic acids is 1. The second kappa shape index (κ2) is 6.10. The maximum absolute atomic E-state index is 12.6. The summed E-state index contributed by atoms with van der Waals surface area (Å²) < 4.78 is 31.3. The van der Waals surface area contributed by atoms with Crippen LogP contribution < -0.4 is 4.90 Å². The molecule has 0 aliphatic carbocycles. The molecule has 0 saturated heterocycles. The predicted molar refractivity (Wildman–Crippen MR) is 108 cm³/mol. The summed E-state index contributed by atoms with van der Waals surface area (Å²) in [5.41, 5.74) is 3.78. The van der Waals surface area contributed by atoms with E-state index >= 15 is 0 Å². The SMILES string of the molecule is COC(=O)c1ccc(C2=CN(S(C)(=O)=O)[C@@H]3N(C)c4ccccc4[C@]23C)cc1. The monoisotopic (exact) mass is 398 g/mol. The number of esters is 1. The van der Waals surface area contributed by atoms with Gasteiger partial charge >= 0.3 is 5.97 Å². The number of hydrogen-bond acceptors (Lipinski definition) is 5. The van der Waals surface area contributed by atoms with Crippen LogP contribution in [-0.4, -0.2) is 45.3 Å². The zero-order valence-corrected chi connectivity index (χ0v) is 17.0. The molecule has 0 amide bonds. The van der Waals surface area contributed by atoms with Gasteiger partial charge in [0.05, 0.1) is 24.3 Å². The highest BCUT2D eigenvalue weighted by atomic mass is 32.2. The maximum atomic E-state index is 12.6. The predicted octanol–water partition coefficient (Wildman–Crippen LogP) is 2.82. The quantitative estimate of drug-likeness (QED) is 0.744. The fourth-order valence-electron chi connectivity index (χ4n) is 4.47. The van der Waals surface area contributed by atoms with Crippen LogP contribution in [0.25, 0.3) is 5.57 Å². The molecule has 2 aliphatic rings. The molecule has 2 heterocycles.